The molecule has 0 radical (unpaired) electrons. The molecule has 0 heterocycles. The number of hydrogen-bond donors (Lipinski definition) is 2. The number of aryl methyl sites for hydroxylation is 1. The van der Waals surface area contributed by atoms with Crippen LogP contribution in [0, 0.1) is 12.7 Å². The van der Waals surface area contributed by atoms with Crippen molar-refractivity contribution >= 4 is 40.2 Å². The van der Waals surface area contributed by atoms with E-state index in [1.165, 1.54) is 18.2 Å². The van der Waals surface area contributed by atoms with Crippen molar-refractivity contribution in [2.75, 3.05) is 5.32 Å². The van der Waals surface area contributed by atoms with Crippen LogP contribution >= 0.6 is 28.6 Å². The summed E-state index contributed by atoms with van der Waals surface area (Å²) in [5.74, 6) is -1.06. The van der Waals surface area contributed by atoms with Gasteiger partial charge < -0.3 is 5.32 Å². The number of anilines is 1. The largest absolute Gasteiger partial charge is 0.322 e. The maximum absolute atomic E-state index is 13.6. The number of nitrogens with one attached hydrogen (secondary N) is 1. The number of amides is 1. The Labute approximate surface area is 124 Å². The molecule has 0 saturated carbocycles. The lowest BCUT2D eigenvalue weighted by molar-refractivity contribution is 0.102. The quantitative estimate of drug-likeness (QED) is 0.778. The van der Waals surface area contributed by atoms with Crippen LogP contribution in [-0.4, -0.2) is 5.91 Å². The summed E-state index contributed by atoms with van der Waals surface area (Å²) in [6, 6.07) is 9.61. The van der Waals surface area contributed by atoms with Gasteiger partial charge in [-0.15, -0.1) is 12.6 Å². The second kappa shape index (κ2) is 5.75. The molecule has 0 aliphatic heterocycles. The second-order valence-electron chi connectivity index (χ2n) is 4.14. The molecule has 0 saturated heterocycles. The fourth-order valence-corrected chi connectivity index (χ4v) is 2.51. The highest BCUT2D eigenvalue weighted by atomic mass is 79.9. The monoisotopic (exact) mass is 339 g/mol. The third-order valence-corrected chi connectivity index (χ3v) is 3.23. The second-order valence-corrected chi connectivity index (χ2v) is 5.57. The summed E-state index contributed by atoms with van der Waals surface area (Å²) >= 11 is 7.45. The molecule has 0 aliphatic rings. The normalized spacial score (nSPS) is 10.3. The van der Waals surface area contributed by atoms with Gasteiger partial charge in [0.2, 0.25) is 0 Å². The minimum Gasteiger partial charge on any atom is -0.322 e. The predicted molar refractivity (Wildman–Crippen MR) is 80.5 cm³/mol. The molecule has 1 N–H and O–H groups in total. The summed E-state index contributed by atoms with van der Waals surface area (Å²) in [5.41, 5.74) is 1.58. The molecule has 0 aliphatic carbocycles. The number of thiol groups is 1. The molecule has 1 amide bonds. The highest BCUT2D eigenvalue weighted by Gasteiger charge is 2.12. The van der Waals surface area contributed by atoms with Gasteiger partial charge in [0.15, 0.2) is 0 Å². The number of carbonyl (C=O) groups is 1. The molecule has 2 rings (SSSR count). The van der Waals surface area contributed by atoms with E-state index < -0.39 is 11.7 Å². The first-order valence-corrected chi connectivity index (χ1v) is 6.77. The zero-order chi connectivity index (χ0) is 14.0. The van der Waals surface area contributed by atoms with E-state index in [1.807, 2.05) is 19.1 Å². The number of benzene rings is 2. The average Bonchev–Trinajstić information content (AvgIpc) is 2.30. The fraction of sp³-hybridized carbons (Fsp3) is 0.0714. The fourth-order valence-electron chi connectivity index (χ4n) is 1.69. The molecule has 5 heteroatoms. The Bertz CT molecular complexity index is 625. The molecule has 2 aromatic rings. The first kappa shape index (κ1) is 14.1. The lowest BCUT2D eigenvalue weighted by Crippen LogP contribution is -2.13. The van der Waals surface area contributed by atoms with E-state index in [1.54, 1.807) is 6.07 Å². The van der Waals surface area contributed by atoms with E-state index >= 15 is 0 Å². The van der Waals surface area contributed by atoms with Crippen LogP contribution in [0.5, 0.6) is 0 Å². The van der Waals surface area contributed by atoms with Gasteiger partial charge in [0.1, 0.15) is 5.82 Å². The summed E-state index contributed by atoms with van der Waals surface area (Å²) in [6.45, 7) is 1.91. The summed E-state index contributed by atoms with van der Waals surface area (Å²) in [6.07, 6.45) is 0. The Morgan fingerprint density at radius 3 is 2.68 bits per heavy atom. The Morgan fingerprint density at radius 1 is 1.26 bits per heavy atom. The molecule has 2 aromatic carbocycles. The van der Waals surface area contributed by atoms with Crippen molar-refractivity contribution in [1.29, 1.82) is 0 Å². The zero-order valence-corrected chi connectivity index (χ0v) is 12.6. The third kappa shape index (κ3) is 3.58. The van der Waals surface area contributed by atoms with Crippen molar-refractivity contribution in [1.82, 2.24) is 0 Å². The zero-order valence-electron chi connectivity index (χ0n) is 10.1. The van der Waals surface area contributed by atoms with E-state index in [2.05, 4.69) is 33.9 Å². The minimum absolute atomic E-state index is 0.0230. The van der Waals surface area contributed by atoms with Crippen LogP contribution < -0.4 is 5.32 Å². The van der Waals surface area contributed by atoms with E-state index in [0.717, 1.165) is 10.0 Å². The van der Waals surface area contributed by atoms with Crippen LogP contribution in [0.3, 0.4) is 0 Å². The van der Waals surface area contributed by atoms with Gasteiger partial charge in [0, 0.05) is 15.1 Å². The predicted octanol–water partition coefficient (Wildman–Crippen LogP) is 4.44. The van der Waals surface area contributed by atoms with Gasteiger partial charge >= 0.3 is 0 Å². The first-order valence-electron chi connectivity index (χ1n) is 5.53. The van der Waals surface area contributed by atoms with Gasteiger partial charge in [0.05, 0.1) is 5.56 Å². The van der Waals surface area contributed by atoms with Crippen LogP contribution in [0.15, 0.2) is 45.8 Å². The van der Waals surface area contributed by atoms with Gasteiger partial charge in [-0.2, -0.15) is 0 Å². The van der Waals surface area contributed by atoms with Crippen molar-refractivity contribution < 1.29 is 9.18 Å². The van der Waals surface area contributed by atoms with Gasteiger partial charge in [-0.25, -0.2) is 4.39 Å². The molecular formula is C14H11BrFNOS. The van der Waals surface area contributed by atoms with Crippen LogP contribution in [0.2, 0.25) is 0 Å². The number of rotatable bonds is 2. The molecule has 0 bridgehead atoms. The van der Waals surface area contributed by atoms with Crippen molar-refractivity contribution in [2.24, 2.45) is 0 Å². The molecular weight excluding hydrogens is 329 g/mol. The highest BCUT2D eigenvalue weighted by molar-refractivity contribution is 9.10. The van der Waals surface area contributed by atoms with E-state index in [-0.39, 0.29) is 5.56 Å². The first-order chi connectivity index (χ1) is 8.95. The number of carbonyl (C=O) groups excluding carboxylic acids is 1. The molecule has 2 nitrogen and oxygen atoms in total. The van der Waals surface area contributed by atoms with E-state index in [9.17, 15) is 9.18 Å². The van der Waals surface area contributed by atoms with Crippen molar-refractivity contribution in [3.63, 3.8) is 0 Å². The molecule has 98 valence electrons. The van der Waals surface area contributed by atoms with Crippen LogP contribution in [0.4, 0.5) is 10.1 Å². The summed E-state index contributed by atoms with van der Waals surface area (Å²) in [7, 11) is 0. The Balaban J connectivity index is 2.28. The lowest BCUT2D eigenvalue weighted by atomic mass is 10.1. The van der Waals surface area contributed by atoms with Gasteiger partial charge in [-0.1, -0.05) is 15.9 Å². The van der Waals surface area contributed by atoms with Crippen molar-refractivity contribution in [2.45, 2.75) is 11.8 Å². The van der Waals surface area contributed by atoms with Crippen molar-refractivity contribution in [3.05, 3.63) is 57.8 Å². The topological polar surface area (TPSA) is 29.1 Å². The van der Waals surface area contributed by atoms with Crippen molar-refractivity contribution in [3.8, 4) is 0 Å². The minimum atomic E-state index is -0.568. The maximum Gasteiger partial charge on any atom is 0.258 e. The SMILES string of the molecule is Cc1cc(Br)cc(NC(=O)c2cc(S)ccc2F)c1. The molecule has 19 heavy (non-hydrogen) atoms. The van der Waals surface area contributed by atoms with Crippen LogP contribution in [0.25, 0.3) is 0 Å². The maximum atomic E-state index is 13.6. The average molecular weight is 340 g/mol. The molecule has 0 spiro atoms. The molecule has 0 unspecified atom stereocenters. The number of hydrogen-bond acceptors (Lipinski definition) is 2. The van der Waals surface area contributed by atoms with Gasteiger partial charge in [-0.05, 0) is 48.9 Å². The molecule has 0 fully saturated rings. The summed E-state index contributed by atoms with van der Waals surface area (Å²) in [4.78, 5) is 12.5. The standard InChI is InChI=1S/C14H11BrFNOS/c1-8-4-9(15)6-10(5-8)17-14(18)12-7-11(19)2-3-13(12)16/h2-7,19H,1H3,(H,17,18). The smallest absolute Gasteiger partial charge is 0.258 e. The lowest BCUT2D eigenvalue weighted by Gasteiger charge is -2.08. The molecule has 0 atom stereocenters. The Morgan fingerprint density at radius 2 is 2.00 bits per heavy atom. The van der Waals surface area contributed by atoms with E-state index in [4.69, 9.17) is 0 Å². The third-order valence-electron chi connectivity index (χ3n) is 2.49. The van der Waals surface area contributed by atoms with Gasteiger partial charge in [-0.3, -0.25) is 4.79 Å². The Hall–Kier alpha value is -1.33. The van der Waals surface area contributed by atoms with Crippen LogP contribution in [-0.2, 0) is 0 Å². The van der Waals surface area contributed by atoms with E-state index in [0.29, 0.717) is 10.6 Å². The van der Waals surface area contributed by atoms with Crippen LogP contribution in [0.1, 0.15) is 15.9 Å². The Kier molecular flexibility index (Phi) is 4.27. The number of halogens is 2. The summed E-state index contributed by atoms with van der Waals surface area (Å²) in [5, 5.41) is 2.67. The molecule has 0 aromatic heterocycles. The highest BCUT2D eigenvalue weighted by Crippen LogP contribution is 2.21. The van der Waals surface area contributed by atoms with Gasteiger partial charge in [0.25, 0.3) is 5.91 Å². The summed E-state index contributed by atoms with van der Waals surface area (Å²) < 4.78 is 14.4.